The summed E-state index contributed by atoms with van der Waals surface area (Å²) in [5.41, 5.74) is 0.408. The van der Waals surface area contributed by atoms with Gasteiger partial charge < -0.3 is 25.5 Å². The molecule has 0 spiro atoms. The van der Waals surface area contributed by atoms with Gasteiger partial charge in [0.15, 0.2) is 5.96 Å². The summed E-state index contributed by atoms with van der Waals surface area (Å²) in [5.74, 6) is 1.79. The summed E-state index contributed by atoms with van der Waals surface area (Å²) in [7, 11) is 0. The minimum atomic E-state index is -0.676. The van der Waals surface area contributed by atoms with Crippen LogP contribution in [0, 0.1) is 0 Å². The standard InChI is InChI=1S/C23H42N6O.HI/c1-5-11-23(30,12-6-2)19-27-22(24-7-3)26-18-20-9-10-21(25-17-20)29-15-13-28(8-4)14-16-29;/h9-10,17,30H,5-8,11-16,18-19H2,1-4H3,(H2,24,26,27);1H. The molecule has 0 aliphatic carbocycles. The number of hydrogen-bond donors (Lipinski definition) is 3. The third-order valence-corrected chi connectivity index (χ3v) is 5.73. The molecule has 0 atom stereocenters. The molecular formula is C23H43IN6O. The molecule has 0 amide bonds. The molecule has 1 saturated heterocycles. The number of hydrogen-bond acceptors (Lipinski definition) is 5. The monoisotopic (exact) mass is 546 g/mol. The average molecular weight is 547 g/mol. The van der Waals surface area contributed by atoms with E-state index in [-0.39, 0.29) is 24.0 Å². The van der Waals surface area contributed by atoms with Gasteiger partial charge in [0, 0.05) is 45.5 Å². The van der Waals surface area contributed by atoms with Gasteiger partial charge in [-0.15, -0.1) is 24.0 Å². The predicted octanol–water partition coefficient (Wildman–Crippen LogP) is 3.23. The van der Waals surface area contributed by atoms with E-state index in [4.69, 9.17) is 4.99 Å². The molecule has 0 bridgehead atoms. The first-order valence-electron chi connectivity index (χ1n) is 11.7. The van der Waals surface area contributed by atoms with Crippen molar-refractivity contribution in [3.63, 3.8) is 0 Å². The van der Waals surface area contributed by atoms with Crippen LogP contribution in [0.5, 0.6) is 0 Å². The number of anilines is 1. The van der Waals surface area contributed by atoms with Gasteiger partial charge in [-0.2, -0.15) is 0 Å². The number of rotatable bonds is 11. The van der Waals surface area contributed by atoms with Crippen LogP contribution in [-0.2, 0) is 6.54 Å². The van der Waals surface area contributed by atoms with E-state index in [1.54, 1.807) is 0 Å². The smallest absolute Gasteiger partial charge is 0.191 e. The lowest BCUT2D eigenvalue weighted by Gasteiger charge is -2.34. The van der Waals surface area contributed by atoms with E-state index in [0.717, 1.165) is 82.3 Å². The fourth-order valence-corrected chi connectivity index (χ4v) is 3.98. The van der Waals surface area contributed by atoms with Crippen molar-refractivity contribution >= 4 is 35.8 Å². The zero-order chi connectivity index (χ0) is 21.8. The van der Waals surface area contributed by atoms with Crippen LogP contribution < -0.4 is 15.5 Å². The maximum Gasteiger partial charge on any atom is 0.191 e. The Labute approximate surface area is 206 Å². The molecule has 7 nitrogen and oxygen atoms in total. The molecule has 8 heteroatoms. The largest absolute Gasteiger partial charge is 0.388 e. The molecule has 3 N–H and O–H groups in total. The molecule has 2 heterocycles. The highest BCUT2D eigenvalue weighted by Crippen LogP contribution is 2.18. The zero-order valence-corrected chi connectivity index (χ0v) is 22.2. The van der Waals surface area contributed by atoms with Gasteiger partial charge >= 0.3 is 0 Å². The topological polar surface area (TPSA) is 76.0 Å². The lowest BCUT2D eigenvalue weighted by molar-refractivity contribution is 0.0257. The Morgan fingerprint density at radius 2 is 1.74 bits per heavy atom. The van der Waals surface area contributed by atoms with Gasteiger partial charge in [-0.3, -0.25) is 0 Å². The van der Waals surface area contributed by atoms with Crippen LogP contribution in [0.15, 0.2) is 23.3 Å². The summed E-state index contributed by atoms with van der Waals surface area (Å²) in [6, 6.07) is 4.22. The highest BCUT2D eigenvalue weighted by atomic mass is 127. The second-order valence-electron chi connectivity index (χ2n) is 8.22. The summed E-state index contributed by atoms with van der Waals surface area (Å²) in [4.78, 5) is 14.2. The third kappa shape index (κ3) is 9.49. The summed E-state index contributed by atoms with van der Waals surface area (Å²) < 4.78 is 0. The van der Waals surface area contributed by atoms with Crippen LogP contribution >= 0.6 is 24.0 Å². The number of piperazine rings is 1. The second-order valence-corrected chi connectivity index (χ2v) is 8.22. The van der Waals surface area contributed by atoms with Crippen molar-refractivity contribution < 1.29 is 5.11 Å². The van der Waals surface area contributed by atoms with E-state index < -0.39 is 5.60 Å². The SMILES string of the molecule is CCCC(O)(CCC)CNC(=NCc1ccc(N2CCN(CC)CC2)nc1)NCC.I. The molecular weight excluding hydrogens is 503 g/mol. The quantitative estimate of drug-likeness (QED) is 0.225. The number of aliphatic imine (C=N–C) groups is 1. The van der Waals surface area contributed by atoms with Crippen molar-refractivity contribution in [2.75, 3.05) is 50.7 Å². The summed E-state index contributed by atoms with van der Waals surface area (Å²) in [6.07, 6.45) is 5.46. The summed E-state index contributed by atoms with van der Waals surface area (Å²) in [6.45, 7) is 15.7. The predicted molar refractivity (Wildman–Crippen MR) is 142 cm³/mol. The molecule has 178 valence electrons. The van der Waals surface area contributed by atoms with Crippen LogP contribution in [-0.4, -0.2) is 72.4 Å². The Morgan fingerprint density at radius 1 is 1.06 bits per heavy atom. The summed E-state index contributed by atoms with van der Waals surface area (Å²) in [5, 5.41) is 17.4. The lowest BCUT2D eigenvalue weighted by Crippen LogP contribution is -2.47. The van der Waals surface area contributed by atoms with Gasteiger partial charge in [-0.1, -0.05) is 39.7 Å². The average Bonchev–Trinajstić information content (AvgIpc) is 2.76. The van der Waals surface area contributed by atoms with Gasteiger partial charge in [0.25, 0.3) is 0 Å². The summed E-state index contributed by atoms with van der Waals surface area (Å²) >= 11 is 0. The van der Waals surface area contributed by atoms with Gasteiger partial charge in [0.05, 0.1) is 12.1 Å². The van der Waals surface area contributed by atoms with Crippen LogP contribution in [0.1, 0.15) is 58.9 Å². The number of aliphatic hydroxyl groups is 1. The van der Waals surface area contributed by atoms with E-state index in [0.29, 0.717) is 13.1 Å². The van der Waals surface area contributed by atoms with E-state index in [1.165, 1.54) is 0 Å². The van der Waals surface area contributed by atoms with Gasteiger partial charge in [0.2, 0.25) is 0 Å². The minimum Gasteiger partial charge on any atom is -0.388 e. The first-order chi connectivity index (χ1) is 14.5. The molecule has 1 aliphatic rings. The van der Waals surface area contributed by atoms with Crippen molar-refractivity contribution in [2.24, 2.45) is 4.99 Å². The Morgan fingerprint density at radius 3 is 2.26 bits per heavy atom. The molecule has 0 radical (unpaired) electrons. The van der Waals surface area contributed by atoms with Crippen molar-refractivity contribution in [2.45, 2.75) is 65.5 Å². The number of nitrogens with one attached hydrogen (secondary N) is 2. The van der Waals surface area contributed by atoms with E-state index in [2.05, 4.69) is 65.2 Å². The normalized spacial score (nSPS) is 15.5. The van der Waals surface area contributed by atoms with Crippen molar-refractivity contribution in [1.82, 2.24) is 20.5 Å². The minimum absolute atomic E-state index is 0. The third-order valence-electron chi connectivity index (χ3n) is 5.73. The highest BCUT2D eigenvalue weighted by molar-refractivity contribution is 14.0. The second kappa shape index (κ2) is 14.8. The van der Waals surface area contributed by atoms with Crippen LogP contribution in [0.3, 0.4) is 0 Å². The number of guanidine groups is 1. The van der Waals surface area contributed by atoms with E-state index >= 15 is 0 Å². The van der Waals surface area contributed by atoms with E-state index in [9.17, 15) is 5.11 Å². The Balaban J connectivity index is 0.00000480. The maximum absolute atomic E-state index is 10.8. The molecule has 0 aromatic carbocycles. The van der Waals surface area contributed by atoms with E-state index in [1.807, 2.05) is 6.20 Å². The molecule has 1 aromatic heterocycles. The van der Waals surface area contributed by atoms with Crippen LogP contribution in [0.4, 0.5) is 5.82 Å². The highest BCUT2D eigenvalue weighted by Gasteiger charge is 2.25. The first-order valence-corrected chi connectivity index (χ1v) is 11.7. The van der Waals surface area contributed by atoms with Crippen molar-refractivity contribution in [3.8, 4) is 0 Å². The fraction of sp³-hybridized carbons (Fsp3) is 0.739. The number of pyridine rings is 1. The van der Waals surface area contributed by atoms with Crippen LogP contribution in [0.25, 0.3) is 0 Å². The fourth-order valence-electron chi connectivity index (χ4n) is 3.98. The van der Waals surface area contributed by atoms with Gasteiger partial charge in [0.1, 0.15) is 5.82 Å². The van der Waals surface area contributed by atoms with Crippen molar-refractivity contribution in [1.29, 1.82) is 0 Å². The Kier molecular flexibility index (Phi) is 13.4. The molecule has 1 aliphatic heterocycles. The number of likely N-dealkylation sites (N-methyl/N-ethyl adjacent to an activating group) is 1. The van der Waals surface area contributed by atoms with Gasteiger partial charge in [-0.25, -0.2) is 9.98 Å². The molecule has 2 rings (SSSR count). The number of halogens is 1. The van der Waals surface area contributed by atoms with Crippen molar-refractivity contribution in [3.05, 3.63) is 23.9 Å². The molecule has 0 unspecified atom stereocenters. The van der Waals surface area contributed by atoms with Crippen LogP contribution in [0.2, 0.25) is 0 Å². The Bertz CT molecular complexity index is 625. The number of nitrogens with zero attached hydrogens (tertiary/aromatic N) is 4. The molecule has 0 saturated carbocycles. The lowest BCUT2D eigenvalue weighted by atomic mass is 9.93. The number of aromatic nitrogens is 1. The zero-order valence-electron chi connectivity index (χ0n) is 19.9. The molecule has 31 heavy (non-hydrogen) atoms. The van der Waals surface area contributed by atoms with Gasteiger partial charge in [-0.05, 0) is 37.9 Å². The first kappa shape index (κ1) is 27.9. The maximum atomic E-state index is 10.8. The molecule has 1 fully saturated rings. The molecule has 1 aromatic rings. The Hall–Kier alpha value is -1.13.